The van der Waals surface area contributed by atoms with E-state index in [1.54, 1.807) is 0 Å². The number of nitrogens with zero attached hydrogens (tertiary/aromatic N) is 2. The summed E-state index contributed by atoms with van der Waals surface area (Å²) in [4.78, 5) is 9.59. The molecule has 0 aromatic rings. The second kappa shape index (κ2) is 14.8. The van der Waals surface area contributed by atoms with E-state index in [2.05, 4.69) is 55.4 Å². The molecule has 0 fully saturated rings. The average molecular weight is 694 g/mol. The van der Waals surface area contributed by atoms with Crippen LogP contribution in [0.15, 0.2) is 9.98 Å². The second-order valence-corrected chi connectivity index (χ2v) is 13.5. The molecule has 21 heteroatoms. The zero-order chi connectivity index (χ0) is 30.1. The zero-order valence-electron chi connectivity index (χ0n) is 22.7. The summed E-state index contributed by atoms with van der Waals surface area (Å²) in [5.41, 5.74) is -11.2. The molecule has 0 aromatic heterocycles. The average Bonchev–Trinajstić information content (AvgIpc) is 3.29. The van der Waals surface area contributed by atoms with Gasteiger partial charge in [-0.3, -0.25) is 9.11 Å². The number of halogens is 6. The van der Waals surface area contributed by atoms with Crippen LogP contribution in [0.2, 0.25) is 0 Å². The fourth-order valence-electron chi connectivity index (χ4n) is 2.41. The van der Waals surface area contributed by atoms with E-state index in [1.807, 2.05) is 0 Å². The van der Waals surface area contributed by atoms with Crippen LogP contribution in [0, 0.1) is 16.2 Å². The quantitative estimate of drug-likeness (QED) is 0.189. The van der Waals surface area contributed by atoms with Crippen LogP contribution in [0.3, 0.4) is 0 Å². The van der Waals surface area contributed by atoms with Gasteiger partial charge in [0.15, 0.2) is 11.8 Å². The van der Waals surface area contributed by atoms with Crippen molar-refractivity contribution in [2.45, 2.75) is 78.5 Å². The van der Waals surface area contributed by atoms with Crippen LogP contribution in [0.5, 0.6) is 0 Å². The number of ether oxygens (including phenoxy) is 2. The fraction of sp³-hybridized carbons (Fsp3) is 0.895. The molecule has 247 valence electrons. The predicted molar refractivity (Wildman–Crippen MR) is 129 cm³/mol. The van der Waals surface area contributed by atoms with Crippen molar-refractivity contribution in [3.63, 3.8) is 0 Å². The summed E-state index contributed by atoms with van der Waals surface area (Å²) in [6, 6.07) is 0.402. The Balaban J connectivity index is -0.000000287. The fourth-order valence-corrected chi connectivity index (χ4v) is 2.41. The maximum atomic E-state index is 10.7. The molecule has 2 aliphatic rings. The monoisotopic (exact) mass is 693 g/mol. The first-order valence-electron chi connectivity index (χ1n) is 10.4. The third-order valence-corrected chi connectivity index (χ3v) is 6.13. The van der Waals surface area contributed by atoms with Crippen molar-refractivity contribution in [1.29, 1.82) is 0 Å². The van der Waals surface area contributed by atoms with E-state index in [0.717, 1.165) is 11.8 Å². The Morgan fingerprint density at radius 1 is 0.650 bits per heavy atom. The Morgan fingerprint density at radius 2 is 0.850 bits per heavy atom. The number of aliphatic imine (C=N–C) groups is 2. The van der Waals surface area contributed by atoms with Crippen molar-refractivity contribution in [3.8, 4) is 0 Å². The standard InChI is InChI=1S/C17H30N2O2.2CHF3O3S.Cu.2H2O/c1-15(2,3)11-9-20-13(18-11)17(7,8)14-19-12(10-21-14)16(4,5)6;2*2-1(3,4)8(5,6)7;;;/h11-12H,9-10H2,1-8H3;2*(H,5,6,7);;2*1H2/t11-,12-;;;;;/m1...../s1. The Morgan fingerprint density at radius 3 is 0.975 bits per heavy atom. The van der Waals surface area contributed by atoms with Gasteiger partial charge in [-0.2, -0.15) is 43.2 Å². The molecule has 2 heterocycles. The van der Waals surface area contributed by atoms with Crippen molar-refractivity contribution in [2.24, 2.45) is 26.2 Å². The van der Waals surface area contributed by atoms with Gasteiger partial charge in [0.1, 0.15) is 18.6 Å². The van der Waals surface area contributed by atoms with Crippen LogP contribution in [0.25, 0.3) is 0 Å². The Labute approximate surface area is 239 Å². The smallest absolute Gasteiger partial charge is 0.478 e. The van der Waals surface area contributed by atoms with Crippen molar-refractivity contribution >= 4 is 32.0 Å². The number of hydrogen-bond acceptors (Lipinski definition) is 8. The third kappa shape index (κ3) is 13.6. The van der Waals surface area contributed by atoms with Crippen LogP contribution in [-0.2, 0) is 46.8 Å². The Bertz CT molecular complexity index is 995. The first kappa shape index (κ1) is 45.8. The van der Waals surface area contributed by atoms with Gasteiger partial charge in [0.05, 0.1) is 12.1 Å². The molecular formula is C19H36CuF6N2O10S2. The predicted octanol–water partition coefficient (Wildman–Crippen LogP) is 2.84. The van der Waals surface area contributed by atoms with Gasteiger partial charge in [0, 0.05) is 17.1 Å². The molecule has 0 amide bonds. The van der Waals surface area contributed by atoms with Crippen molar-refractivity contribution in [1.82, 2.24) is 0 Å². The van der Waals surface area contributed by atoms with Crippen molar-refractivity contribution in [3.05, 3.63) is 0 Å². The Kier molecular flexibility index (Phi) is 16.9. The molecule has 0 unspecified atom stereocenters. The first-order chi connectivity index (χ1) is 15.9. The van der Waals surface area contributed by atoms with E-state index in [-0.39, 0.29) is 56.3 Å². The molecule has 12 nitrogen and oxygen atoms in total. The minimum atomic E-state index is -5.84. The van der Waals surface area contributed by atoms with Gasteiger partial charge >= 0.3 is 31.3 Å². The zero-order valence-corrected chi connectivity index (χ0v) is 25.3. The van der Waals surface area contributed by atoms with Gasteiger partial charge in [-0.05, 0) is 24.7 Å². The largest absolute Gasteiger partial charge is 0.522 e. The summed E-state index contributed by atoms with van der Waals surface area (Å²) in [6.07, 6.45) is 0. The van der Waals surface area contributed by atoms with Gasteiger partial charge < -0.3 is 20.4 Å². The van der Waals surface area contributed by atoms with Gasteiger partial charge in [0.25, 0.3) is 0 Å². The van der Waals surface area contributed by atoms with Crippen LogP contribution in [0.4, 0.5) is 26.3 Å². The van der Waals surface area contributed by atoms with E-state index >= 15 is 0 Å². The van der Waals surface area contributed by atoms with Gasteiger partial charge in [-0.15, -0.1) is 0 Å². The van der Waals surface area contributed by atoms with E-state index in [1.165, 1.54) is 0 Å². The van der Waals surface area contributed by atoms with Crippen LogP contribution >= 0.6 is 0 Å². The molecule has 1 radical (unpaired) electrons. The SMILES string of the molecule is CC(C)(C1=N[C@@H](C(C)(C)C)CO1)C1=N[C@@H](C(C)(C)C)CO1.O.O.O=S(=O)(O)C(F)(F)F.O=S(=O)(O)C(F)(F)F.[Cu]. The minimum Gasteiger partial charge on any atom is -0.478 e. The third-order valence-electron chi connectivity index (χ3n) is 4.96. The van der Waals surface area contributed by atoms with E-state index in [4.69, 9.17) is 45.4 Å². The normalized spacial score (nSPS) is 19.8. The summed E-state index contributed by atoms with van der Waals surface area (Å²) < 4.78 is 127. The van der Waals surface area contributed by atoms with Crippen LogP contribution in [-0.4, -0.2) is 85.0 Å². The topological polar surface area (TPSA) is 215 Å². The van der Waals surface area contributed by atoms with Crippen molar-refractivity contribution < 1.29 is 89.8 Å². The molecule has 0 bridgehead atoms. The molecule has 40 heavy (non-hydrogen) atoms. The molecule has 6 N–H and O–H groups in total. The molecule has 0 saturated carbocycles. The molecule has 2 aliphatic heterocycles. The van der Waals surface area contributed by atoms with Gasteiger partial charge in [-0.25, -0.2) is 9.98 Å². The maximum absolute atomic E-state index is 10.7. The summed E-state index contributed by atoms with van der Waals surface area (Å²) >= 11 is 0. The molecule has 0 spiro atoms. The molecule has 2 rings (SSSR count). The summed E-state index contributed by atoms with van der Waals surface area (Å²) in [5, 5.41) is 0. The second-order valence-electron chi connectivity index (χ2n) is 10.7. The number of rotatable bonds is 2. The minimum absolute atomic E-state index is 0. The van der Waals surface area contributed by atoms with Crippen LogP contribution < -0.4 is 0 Å². The van der Waals surface area contributed by atoms with E-state index in [9.17, 15) is 26.3 Å². The summed E-state index contributed by atoms with van der Waals surface area (Å²) in [7, 11) is -11.7. The van der Waals surface area contributed by atoms with Gasteiger partial charge in [0.2, 0.25) is 0 Å². The molecule has 0 saturated heterocycles. The maximum Gasteiger partial charge on any atom is 0.522 e. The van der Waals surface area contributed by atoms with E-state index < -0.39 is 31.3 Å². The van der Waals surface area contributed by atoms with Crippen LogP contribution in [0.1, 0.15) is 55.4 Å². The Hall–Kier alpha value is -1.22. The number of alkyl halides is 6. The van der Waals surface area contributed by atoms with Crippen molar-refractivity contribution in [2.75, 3.05) is 13.2 Å². The first-order valence-corrected chi connectivity index (χ1v) is 13.3. The van der Waals surface area contributed by atoms with E-state index in [0.29, 0.717) is 13.2 Å². The molecule has 0 aromatic carbocycles. The molecular weight excluding hydrogens is 658 g/mol. The summed E-state index contributed by atoms with van der Waals surface area (Å²) in [6.45, 7) is 18.6. The molecule has 2 atom stereocenters. The molecule has 0 aliphatic carbocycles. The summed E-state index contributed by atoms with van der Waals surface area (Å²) in [5.74, 6) is 1.52. The number of hydrogen-bond donors (Lipinski definition) is 2. The van der Waals surface area contributed by atoms with Gasteiger partial charge in [-0.1, -0.05) is 41.5 Å².